The number of nitrogens with one attached hydrogen (secondary N) is 1. The Balaban J connectivity index is 1.90. The van der Waals surface area contributed by atoms with Crippen LogP contribution < -0.4 is 19.5 Å². The van der Waals surface area contributed by atoms with Gasteiger partial charge >= 0.3 is 5.97 Å². The SMILES string of the molecule is COc1ccc(OC)c(NC(=O)C(C)OC(=O)COc2cccc(Br)c2)c1. The van der Waals surface area contributed by atoms with Crippen LogP contribution in [0.25, 0.3) is 0 Å². The largest absolute Gasteiger partial charge is 0.497 e. The van der Waals surface area contributed by atoms with Crippen LogP contribution in [-0.4, -0.2) is 38.8 Å². The van der Waals surface area contributed by atoms with Crippen molar-refractivity contribution in [1.29, 1.82) is 0 Å². The Morgan fingerprint density at radius 1 is 1.07 bits per heavy atom. The summed E-state index contributed by atoms with van der Waals surface area (Å²) in [6, 6.07) is 12.0. The lowest BCUT2D eigenvalue weighted by Crippen LogP contribution is -2.31. The molecule has 7 nitrogen and oxygen atoms in total. The number of carbonyl (C=O) groups is 2. The number of anilines is 1. The second kappa shape index (κ2) is 9.82. The van der Waals surface area contributed by atoms with Gasteiger partial charge in [0.15, 0.2) is 12.7 Å². The molecule has 0 fully saturated rings. The highest BCUT2D eigenvalue weighted by Crippen LogP contribution is 2.29. The summed E-state index contributed by atoms with van der Waals surface area (Å²) in [5.41, 5.74) is 0.412. The molecule has 0 bridgehead atoms. The summed E-state index contributed by atoms with van der Waals surface area (Å²) >= 11 is 3.31. The van der Waals surface area contributed by atoms with Crippen LogP contribution in [0.5, 0.6) is 17.2 Å². The Kier molecular flexibility index (Phi) is 7.48. The van der Waals surface area contributed by atoms with Gasteiger partial charge in [0, 0.05) is 10.5 Å². The molecule has 0 heterocycles. The van der Waals surface area contributed by atoms with Crippen LogP contribution in [0.15, 0.2) is 46.9 Å². The van der Waals surface area contributed by atoms with E-state index in [-0.39, 0.29) is 6.61 Å². The Morgan fingerprint density at radius 2 is 1.85 bits per heavy atom. The first-order chi connectivity index (χ1) is 12.9. The molecule has 0 aliphatic rings. The highest BCUT2D eigenvalue weighted by atomic mass is 79.9. The second-order valence-corrected chi connectivity index (χ2v) is 6.35. The molecule has 0 radical (unpaired) electrons. The minimum absolute atomic E-state index is 0.309. The third-order valence-corrected chi connectivity index (χ3v) is 3.99. The van der Waals surface area contributed by atoms with Gasteiger partial charge in [-0.3, -0.25) is 4.79 Å². The molecule has 2 aromatic rings. The third-order valence-electron chi connectivity index (χ3n) is 3.49. The summed E-state index contributed by atoms with van der Waals surface area (Å²) < 4.78 is 21.6. The first-order valence-electron chi connectivity index (χ1n) is 8.03. The topological polar surface area (TPSA) is 83.1 Å². The van der Waals surface area contributed by atoms with Crippen molar-refractivity contribution >= 4 is 33.5 Å². The number of rotatable bonds is 8. The van der Waals surface area contributed by atoms with Crippen LogP contribution in [0.4, 0.5) is 5.69 Å². The summed E-state index contributed by atoms with van der Waals surface area (Å²) in [4.78, 5) is 24.2. The summed E-state index contributed by atoms with van der Waals surface area (Å²) in [6.45, 7) is 1.16. The average Bonchev–Trinajstić information content (AvgIpc) is 2.66. The molecule has 1 atom stereocenters. The molecule has 0 saturated carbocycles. The first-order valence-corrected chi connectivity index (χ1v) is 8.83. The predicted molar refractivity (Wildman–Crippen MR) is 103 cm³/mol. The minimum Gasteiger partial charge on any atom is -0.497 e. The number of hydrogen-bond acceptors (Lipinski definition) is 6. The molecule has 0 spiro atoms. The highest BCUT2D eigenvalue weighted by Gasteiger charge is 2.20. The van der Waals surface area contributed by atoms with E-state index in [4.69, 9.17) is 18.9 Å². The van der Waals surface area contributed by atoms with Crippen LogP contribution in [0.1, 0.15) is 6.92 Å². The van der Waals surface area contributed by atoms with E-state index in [2.05, 4.69) is 21.2 Å². The van der Waals surface area contributed by atoms with Crippen molar-refractivity contribution in [2.75, 3.05) is 26.1 Å². The van der Waals surface area contributed by atoms with Gasteiger partial charge in [-0.05, 0) is 37.3 Å². The number of halogens is 1. The molecule has 2 aromatic carbocycles. The monoisotopic (exact) mass is 437 g/mol. The Labute approximate surface area is 165 Å². The van der Waals surface area contributed by atoms with Crippen molar-refractivity contribution in [3.63, 3.8) is 0 Å². The van der Waals surface area contributed by atoms with Crippen LogP contribution >= 0.6 is 15.9 Å². The zero-order valence-electron chi connectivity index (χ0n) is 15.2. The van der Waals surface area contributed by atoms with Crippen LogP contribution in [0, 0.1) is 0 Å². The third kappa shape index (κ3) is 6.18. The van der Waals surface area contributed by atoms with Crippen molar-refractivity contribution < 1.29 is 28.5 Å². The lowest BCUT2D eigenvalue weighted by molar-refractivity contribution is -0.155. The second-order valence-electron chi connectivity index (χ2n) is 5.43. The fourth-order valence-electron chi connectivity index (χ4n) is 2.13. The first kappa shape index (κ1) is 20.6. The Morgan fingerprint density at radius 3 is 2.52 bits per heavy atom. The molecular formula is C19H20BrNO6. The van der Waals surface area contributed by atoms with Crippen molar-refractivity contribution in [2.24, 2.45) is 0 Å². The van der Waals surface area contributed by atoms with E-state index in [1.54, 1.807) is 36.4 Å². The van der Waals surface area contributed by atoms with Crippen molar-refractivity contribution in [3.8, 4) is 17.2 Å². The van der Waals surface area contributed by atoms with E-state index in [0.717, 1.165) is 4.47 Å². The van der Waals surface area contributed by atoms with Gasteiger partial charge in [-0.25, -0.2) is 4.79 Å². The number of ether oxygens (including phenoxy) is 4. The number of carbonyl (C=O) groups excluding carboxylic acids is 2. The molecule has 1 unspecified atom stereocenters. The van der Waals surface area contributed by atoms with Gasteiger partial charge in [0.2, 0.25) is 0 Å². The number of hydrogen-bond donors (Lipinski definition) is 1. The smallest absolute Gasteiger partial charge is 0.344 e. The fourth-order valence-corrected chi connectivity index (χ4v) is 2.51. The molecule has 0 aliphatic heterocycles. The van der Waals surface area contributed by atoms with E-state index in [9.17, 15) is 9.59 Å². The van der Waals surface area contributed by atoms with Gasteiger partial charge in [-0.2, -0.15) is 0 Å². The normalized spacial score (nSPS) is 11.3. The molecule has 2 rings (SSSR count). The molecule has 0 saturated heterocycles. The molecule has 27 heavy (non-hydrogen) atoms. The van der Waals surface area contributed by atoms with Crippen molar-refractivity contribution in [3.05, 3.63) is 46.9 Å². The van der Waals surface area contributed by atoms with E-state index in [0.29, 0.717) is 22.9 Å². The number of esters is 1. The number of benzene rings is 2. The predicted octanol–water partition coefficient (Wildman–Crippen LogP) is 3.42. The van der Waals surface area contributed by atoms with Crippen LogP contribution in [-0.2, 0) is 14.3 Å². The Hall–Kier alpha value is -2.74. The molecular weight excluding hydrogens is 418 g/mol. The molecule has 1 N–H and O–H groups in total. The maximum Gasteiger partial charge on any atom is 0.344 e. The van der Waals surface area contributed by atoms with Gasteiger partial charge in [0.1, 0.15) is 17.2 Å². The van der Waals surface area contributed by atoms with Gasteiger partial charge < -0.3 is 24.3 Å². The van der Waals surface area contributed by atoms with Crippen LogP contribution in [0.3, 0.4) is 0 Å². The number of methoxy groups -OCH3 is 2. The quantitative estimate of drug-likeness (QED) is 0.637. The van der Waals surface area contributed by atoms with E-state index >= 15 is 0 Å². The standard InChI is InChI=1S/C19H20BrNO6/c1-12(27-18(22)11-26-15-6-4-5-13(20)9-15)19(23)21-16-10-14(24-2)7-8-17(16)25-3/h4-10,12H,11H2,1-3H3,(H,21,23). The molecule has 0 aromatic heterocycles. The molecule has 144 valence electrons. The maximum absolute atomic E-state index is 12.3. The summed E-state index contributed by atoms with van der Waals surface area (Å²) in [5.74, 6) is 0.367. The Bertz CT molecular complexity index is 811. The highest BCUT2D eigenvalue weighted by molar-refractivity contribution is 9.10. The van der Waals surface area contributed by atoms with E-state index in [1.165, 1.54) is 21.1 Å². The van der Waals surface area contributed by atoms with Gasteiger partial charge in [-0.15, -0.1) is 0 Å². The van der Waals surface area contributed by atoms with Gasteiger partial charge in [0.05, 0.1) is 19.9 Å². The van der Waals surface area contributed by atoms with Gasteiger partial charge in [0.25, 0.3) is 5.91 Å². The minimum atomic E-state index is -1.01. The van der Waals surface area contributed by atoms with Crippen molar-refractivity contribution in [2.45, 2.75) is 13.0 Å². The molecule has 0 aliphatic carbocycles. The lowest BCUT2D eigenvalue weighted by atomic mass is 10.2. The van der Waals surface area contributed by atoms with Gasteiger partial charge in [-0.1, -0.05) is 22.0 Å². The van der Waals surface area contributed by atoms with E-state index < -0.39 is 18.0 Å². The van der Waals surface area contributed by atoms with E-state index in [1.807, 2.05) is 6.07 Å². The summed E-state index contributed by atoms with van der Waals surface area (Å²) in [5, 5.41) is 2.65. The lowest BCUT2D eigenvalue weighted by Gasteiger charge is -2.16. The summed E-state index contributed by atoms with van der Waals surface area (Å²) in [6.07, 6.45) is -1.01. The number of amides is 1. The van der Waals surface area contributed by atoms with Crippen molar-refractivity contribution in [1.82, 2.24) is 0 Å². The summed E-state index contributed by atoms with van der Waals surface area (Å²) in [7, 11) is 3.00. The average molecular weight is 438 g/mol. The maximum atomic E-state index is 12.3. The zero-order valence-corrected chi connectivity index (χ0v) is 16.7. The molecule has 1 amide bonds. The fraction of sp³-hybridized carbons (Fsp3) is 0.263. The molecule has 8 heteroatoms. The van der Waals surface area contributed by atoms with Crippen LogP contribution in [0.2, 0.25) is 0 Å². The zero-order chi connectivity index (χ0) is 19.8.